The number of aliphatic hydroxyl groups excluding tert-OH is 1. The standard InChI is InChI=1S/C15H31NO2/c1-7-9-10-16(8-2)11-12-13(17)15(5,6)18-14(12,3)4/h12-13,17H,7-11H2,1-6H3. The molecular formula is C15H31NO2. The first-order valence-corrected chi connectivity index (χ1v) is 7.35. The Morgan fingerprint density at radius 3 is 2.11 bits per heavy atom. The SMILES string of the molecule is CCCCN(CC)CC1C(O)C(C)(C)OC1(C)C. The Morgan fingerprint density at radius 1 is 1.11 bits per heavy atom. The van der Waals surface area contributed by atoms with Gasteiger partial charge in [-0.1, -0.05) is 20.3 Å². The zero-order valence-corrected chi connectivity index (χ0v) is 13.0. The van der Waals surface area contributed by atoms with E-state index >= 15 is 0 Å². The summed E-state index contributed by atoms with van der Waals surface area (Å²) in [6.07, 6.45) is 2.05. The van der Waals surface area contributed by atoms with Gasteiger partial charge in [0.2, 0.25) is 0 Å². The van der Waals surface area contributed by atoms with Crippen molar-refractivity contribution in [3.8, 4) is 0 Å². The lowest BCUT2D eigenvalue weighted by atomic mass is 9.84. The van der Waals surface area contributed by atoms with E-state index in [1.165, 1.54) is 12.8 Å². The fraction of sp³-hybridized carbons (Fsp3) is 1.00. The maximum Gasteiger partial charge on any atom is 0.0896 e. The van der Waals surface area contributed by atoms with Gasteiger partial charge in [0.05, 0.1) is 17.3 Å². The third kappa shape index (κ3) is 3.46. The van der Waals surface area contributed by atoms with Crippen LogP contribution >= 0.6 is 0 Å². The van der Waals surface area contributed by atoms with Gasteiger partial charge < -0.3 is 14.7 Å². The van der Waals surface area contributed by atoms with Crippen molar-refractivity contribution >= 4 is 0 Å². The summed E-state index contributed by atoms with van der Waals surface area (Å²) < 4.78 is 6.03. The summed E-state index contributed by atoms with van der Waals surface area (Å²) in [5.41, 5.74) is -0.680. The van der Waals surface area contributed by atoms with Crippen LogP contribution in [0.2, 0.25) is 0 Å². The van der Waals surface area contributed by atoms with Crippen molar-refractivity contribution < 1.29 is 9.84 Å². The van der Waals surface area contributed by atoms with Crippen molar-refractivity contribution in [3.63, 3.8) is 0 Å². The lowest BCUT2D eigenvalue weighted by molar-refractivity contribution is -0.0913. The van der Waals surface area contributed by atoms with Gasteiger partial charge in [0.1, 0.15) is 0 Å². The van der Waals surface area contributed by atoms with Crippen LogP contribution in [0.15, 0.2) is 0 Å². The van der Waals surface area contributed by atoms with Crippen LogP contribution in [0.25, 0.3) is 0 Å². The summed E-state index contributed by atoms with van der Waals surface area (Å²) in [5, 5.41) is 10.5. The minimum absolute atomic E-state index is 0.185. The zero-order chi connectivity index (χ0) is 14.0. The summed E-state index contributed by atoms with van der Waals surface area (Å²) in [4.78, 5) is 2.43. The van der Waals surface area contributed by atoms with Gasteiger partial charge in [0.25, 0.3) is 0 Å². The van der Waals surface area contributed by atoms with Crippen molar-refractivity contribution in [3.05, 3.63) is 0 Å². The van der Waals surface area contributed by atoms with Crippen LogP contribution in [0.4, 0.5) is 0 Å². The molecule has 2 unspecified atom stereocenters. The third-order valence-electron chi connectivity index (χ3n) is 4.24. The fourth-order valence-corrected chi connectivity index (χ4v) is 3.04. The molecule has 0 spiro atoms. The largest absolute Gasteiger partial charge is 0.390 e. The minimum Gasteiger partial charge on any atom is -0.390 e. The molecule has 0 saturated carbocycles. The van der Waals surface area contributed by atoms with E-state index in [0.717, 1.165) is 19.6 Å². The zero-order valence-electron chi connectivity index (χ0n) is 13.0. The first-order chi connectivity index (χ1) is 8.24. The van der Waals surface area contributed by atoms with Crippen LogP contribution in [-0.2, 0) is 4.74 Å². The van der Waals surface area contributed by atoms with Crippen molar-refractivity contribution in [2.45, 2.75) is 71.7 Å². The maximum absolute atomic E-state index is 10.5. The molecular weight excluding hydrogens is 226 g/mol. The number of rotatable bonds is 6. The van der Waals surface area contributed by atoms with Gasteiger partial charge in [-0.3, -0.25) is 0 Å². The predicted octanol–water partition coefficient (Wildman–Crippen LogP) is 2.67. The molecule has 1 saturated heterocycles. The van der Waals surface area contributed by atoms with Crippen molar-refractivity contribution in [1.29, 1.82) is 0 Å². The van der Waals surface area contributed by atoms with E-state index in [-0.39, 0.29) is 17.6 Å². The molecule has 2 atom stereocenters. The van der Waals surface area contributed by atoms with Crippen LogP contribution in [0.3, 0.4) is 0 Å². The Kier molecular flexibility index (Phi) is 5.22. The molecule has 3 heteroatoms. The summed E-state index contributed by atoms with van der Waals surface area (Å²) in [6, 6.07) is 0. The van der Waals surface area contributed by atoms with E-state index < -0.39 is 5.60 Å². The van der Waals surface area contributed by atoms with Crippen LogP contribution in [0, 0.1) is 5.92 Å². The molecule has 1 N–H and O–H groups in total. The second-order valence-electron chi connectivity index (χ2n) is 6.61. The molecule has 18 heavy (non-hydrogen) atoms. The number of hydrogen-bond acceptors (Lipinski definition) is 3. The molecule has 0 aromatic heterocycles. The number of ether oxygens (including phenoxy) is 1. The summed E-state index contributed by atoms with van der Waals surface area (Å²) >= 11 is 0. The molecule has 1 fully saturated rings. The molecule has 0 aromatic carbocycles. The molecule has 0 radical (unpaired) electrons. The molecule has 108 valence electrons. The highest BCUT2D eigenvalue weighted by Crippen LogP contribution is 2.42. The molecule has 1 aliphatic rings. The minimum atomic E-state index is -0.432. The first kappa shape index (κ1) is 15.9. The molecule has 0 aliphatic carbocycles. The van der Waals surface area contributed by atoms with Crippen molar-refractivity contribution in [1.82, 2.24) is 4.90 Å². The highest BCUT2D eigenvalue weighted by atomic mass is 16.5. The maximum atomic E-state index is 10.5. The smallest absolute Gasteiger partial charge is 0.0896 e. The summed E-state index contributed by atoms with van der Waals surface area (Å²) in [7, 11) is 0. The topological polar surface area (TPSA) is 32.7 Å². The van der Waals surface area contributed by atoms with E-state index in [4.69, 9.17) is 4.74 Å². The molecule has 3 nitrogen and oxygen atoms in total. The lowest BCUT2D eigenvalue weighted by Crippen LogP contribution is -2.43. The Balaban J connectivity index is 2.69. The van der Waals surface area contributed by atoms with Gasteiger partial charge in [-0.15, -0.1) is 0 Å². The van der Waals surface area contributed by atoms with E-state index in [9.17, 15) is 5.11 Å². The molecule has 0 amide bonds. The van der Waals surface area contributed by atoms with Crippen LogP contribution in [0.5, 0.6) is 0 Å². The van der Waals surface area contributed by atoms with Gasteiger partial charge in [-0.05, 0) is 47.2 Å². The fourth-order valence-electron chi connectivity index (χ4n) is 3.04. The monoisotopic (exact) mass is 257 g/mol. The molecule has 1 rings (SSSR count). The van der Waals surface area contributed by atoms with Gasteiger partial charge >= 0.3 is 0 Å². The first-order valence-electron chi connectivity index (χ1n) is 7.35. The Morgan fingerprint density at radius 2 is 1.72 bits per heavy atom. The predicted molar refractivity (Wildman–Crippen MR) is 75.8 cm³/mol. The van der Waals surface area contributed by atoms with Gasteiger partial charge in [-0.2, -0.15) is 0 Å². The second-order valence-corrected chi connectivity index (χ2v) is 6.61. The van der Waals surface area contributed by atoms with Crippen LogP contribution in [-0.4, -0.2) is 46.9 Å². The number of hydrogen-bond donors (Lipinski definition) is 1. The Bertz CT molecular complexity index is 263. The van der Waals surface area contributed by atoms with Crippen molar-refractivity contribution in [2.24, 2.45) is 5.92 Å². The van der Waals surface area contributed by atoms with Crippen LogP contribution < -0.4 is 0 Å². The normalized spacial score (nSPS) is 30.0. The van der Waals surface area contributed by atoms with Gasteiger partial charge in [0.15, 0.2) is 0 Å². The third-order valence-corrected chi connectivity index (χ3v) is 4.24. The van der Waals surface area contributed by atoms with Crippen molar-refractivity contribution in [2.75, 3.05) is 19.6 Å². The lowest BCUT2D eigenvalue weighted by Gasteiger charge is -2.32. The number of nitrogens with zero attached hydrogens (tertiary/aromatic N) is 1. The highest BCUT2D eigenvalue weighted by molar-refractivity contribution is 5.02. The van der Waals surface area contributed by atoms with E-state index in [2.05, 4.69) is 32.6 Å². The average molecular weight is 257 g/mol. The van der Waals surface area contributed by atoms with Gasteiger partial charge in [0, 0.05) is 12.5 Å². The molecule has 0 aromatic rings. The number of unbranched alkanes of at least 4 members (excludes halogenated alkanes) is 1. The summed E-state index contributed by atoms with van der Waals surface area (Å²) in [5.74, 6) is 0.185. The second kappa shape index (κ2) is 5.89. The highest BCUT2D eigenvalue weighted by Gasteiger charge is 2.53. The number of aliphatic hydroxyl groups is 1. The Hall–Kier alpha value is -0.120. The van der Waals surface area contributed by atoms with E-state index in [1.807, 2.05) is 13.8 Å². The average Bonchev–Trinajstić information content (AvgIpc) is 2.41. The Labute approximate surface area is 113 Å². The van der Waals surface area contributed by atoms with E-state index in [1.54, 1.807) is 0 Å². The van der Waals surface area contributed by atoms with Gasteiger partial charge in [-0.25, -0.2) is 0 Å². The molecule has 1 aliphatic heterocycles. The van der Waals surface area contributed by atoms with Crippen LogP contribution in [0.1, 0.15) is 54.4 Å². The quantitative estimate of drug-likeness (QED) is 0.794. The summed E-state index contributed by atoms with van der Waals surface area (Å²) in [6.45, 7) is 15.7. The molecule has 1 heterocycles. The van der Waals surface area contributed by atoms with E-state index in [0.29, 0.717) is 0 Å². The molecule has 0 bridgehead atoms.